The fourth-order valence-electron chi connectivity index (χ4n) is 1.78. The Balaban J connectivity index is 2.17. The second kappa shape index (κ2) is 8.43. The van der Waals surface area contributed by atoms with Crippen LogP contribution in [0.3, 0.4) is 0 Å². The van der Waals surface area contributed by atoms with Crippen LogP contribution in [0.1, 0.15) is 16.7 Å². The van der Waals surface area contributed by atoms with Crippen LogP contribution in [-0.4, -0.2) is 45.2 Å². The normalized spacial score (nSPS) is 16.1. The van der Waals surface area contributed by atoms with Crippen molar-refractivity contribution in [2.24, 2.45) is 10.9 Å². The van der Waals surface area contributed by atoms with Crippen LogP contribution < -0.4 is 5.73 Å². The maximum Gasteiger partial charge on any atom is 0.377 e. The van der Waals surface area contributed by atoms with Crippen molar-refractivity contribution in [2.75, 3.05) is 27.4 Å². The zero-order chi connectivity index (χ0) is 17.5. The van der Waals surface area contributed by atoms with Gasteiger partial charge in [-0.1, -0.05) is 5.16 Å². The molecular weight excluding hydrogens is 340 g/mol. The number of nitrogens with two attached hydrogens (primary N) is 1. The van der Waals surface area contributed by atoms with Gasteiger partial charge in [-0.15, -0.1) is 11.3 Å². The van der Waals surface area contributed by atoms with Gasteiger partial charge in [0.05, 0.1) is 38.4 Å². The van der Waals surface area contributed by atoms with Crippen molar-refractivity contribution >= 4 is 29.1 Å². The molecule has 2 heterocycles. The molecule has 0 aliphatic carbocycles. The van der Waals surface area contributed by atoms with E-state index in [0.717, 1.165) is 20.3 Å². The fraction of sp³-hybridized carbons (Fsp3) is 0.357. The summed E-state index contributed by atoms with van der Waals surface area (Å²) in [7, 11) is 2.29. The number of amidine groups is 1. The predicted molar refractivity (Wildman–Crippen MR) is 82.9 cm³/mol. The number of rotatable bonds is 6. The molecule has 0 bridgehead atoms. The van der Waals surface area contributed by atoms with Gasteiger partial charge in [-0.05, 0) is 11.4 Å². The Hall–Kier alpha value is -2.43. The van der Waals surface area contributed by atoms with E-state index >= 15 is 0 Å². The third kappa shape index (κ3) is 4.31. The van der Waals surface area contributed by atoms with Gasteiger partial charge in [-0.3, -0.25) is 0 Å². The first-order valence-electron chi connectivity index (χ1n) is 6.76. The molecule has 1 fully saturated rings. The molecule has 1 aliphatic heterocycles. The first-order valence-corrected chi connectivity index (χ1v) is 7.64. The maximum atomic E-state index is 11.6. The molecule has 10 heteroatoms. The highest BCUT2D eigenvalue weighted by molar-refractivity contribution is 7.12. The summed E-state index contributed by atoms with van der Waals surface area (Å²) in [4.78, 5) is 28.3. The molecule has 0 radical (unpaired) electrons. The number of carbonyl (C=O) groups is 2. The highest BCUT2D eigenvalue weighted by Gasteiger charge is 2.24. The van der Waals surface area contributed by atoms with Gasteiger partial charge >= 0.3 is 11.9 Å². The van der Waals surface area contributed by atoms with E-state index in [4.69, 9.17) is 20.0 Å². The number of methoxy groups -OCH3 is 2. The van der Waals surface area contributed by atoms with Gasteiger partial charge in [0.25, 0.3) is 0 Å². The molecular formula is C14H16N2O7S. The molecule has 0 unspecified atom stereocenters. The third-order valence-electron chi connectivity index (χ3n) is 2.88. The van der Waals surface area contributed by atoms with Crippen LogP contribution in [-0.2, 0) is 33.4 Å². The minimum absolute atomic E-state index is 0.00114. The maximum absolute atomic E-state index is 11.6. The summed E-state index contributed by atoms with van der Waals surface area (Å²) >= 11 is 1.31. The number of hydrogen-bond donors (Lipinski definition) is 1. The average molecular weight is 356 g/mol. The Kier molecular flexibility index (Phi) is 6.29. The summed E-state index contributed by atoms with van der Waals surface area (Å²) in [5.74, 6) is -2.16. The number of thiophene rings is 1. The van der Waals surface area contributed by atoms with Crippen molar-refractivity contribution in [1.82, 2.24) is 0 Å². The number of carbonyl (C=O) groups excluding carboxylic acids is 2. The molecule has 0 spiro atoms. The van der Waals surface area contributed by atoms with Crippen molar-refractivity contribution in [2.45, 2.75) is 6.29 Å². The van der Waals surface area contributed by atoms with Crippen molar-refractivity contribution < 1.29 is 33.4 Å². The summed E-state index contributed by atoms with van der Waals surface area (Å²) < 4.78 is 19.8. The van der Waals surface area contributed by atoms with E-state index in [0.29, 0.717) is 23.7 Å². The van der Waals surface area contributed by atoms with Crippen LogP contribution in [0, 0.1) is 0 Å². The SMILES string of the molecule is COC(=O)/C=C(/O/N=C(\N)c1sccc1C1OCCO1)C(=O)OC. The number of hydrogen-bond acceptors (Lipinski definition) is 9. The minimum atomic E-state index is -0.897. The standard InChI is InChI=1S/C14H16N2O7S/c1-19-10(17)7-9(13(18)20-2)23-16-12(15)11-8(3-6-24-11)14-21-4-5-22-14/h3,6-7,14H,4-5H2,1-2H3,(H2,15,16)/b9-7+. The van der Waals surface area contributed by atoms with Crippen LogP contribution in [0.15, 0.2) is 28.4 Å². The highest BCUT2D eigenvalue weighted by Crippen LogP contribution is 2.29. The van der Waals surface area contributed by atoms with Gasteiger partial charge in [0.2, 0.25) is 5.76 Å². The second-order valence-corrected chi connectivity index (χ2v) is 5.29. The van der Waals surface area contributed by atoms with Gasteiger partial charge in [0.15, 0.2) is 12.1 Å². The lowest BCUT2D eigenvalue weighted by molar-refractivity contribution is -0.142. The van der Waals surface area contributed by atoms with E-state index < -0.39 is 24.0 Å². The molecule has 0 atom stereocenters. The Morgan fingerprint density at radius 1 is 1.33 bits per heavy atom. The average Bonchev–Trinajstić information content (AvgIpc) is 3.27. The van der Waals surface area contributed by atoms with E-state index in [9.17, 15) is 9.59 Å². The molecule has 0 amide bonds. The van der Waals surface area contributed by atoms with E-state index in [1.54, 1.807) is 11.4 Å². The van der Waals surface area contributed by atoms with Crippen molar-refractivity contribution in [1.29, 1.82) is 0 Å². The van der Waals surface area contributed by atoms with E-state index in [2.05, 4.69) is 14.6 Å². The Bertz CT molecular complexity index is 662. The fourth-order valence-corrected chi connectivity index (χ4v) is 2.59. The molecule has 24 heavy (non-hydrogen) atoms. The quantitative estimate of drug-likeness (QED) is 0.197. The lowest BCUT2D eigenvalue weighted by Crippen LogP contribution is -2.17. The van der Waals surface area contributed by atoms with Crippen molar-refractivity contribution in [3.63, 3.8) is 0 Å². The van der Waals surface area contributed by atoms with Gasteiger partial charge in [-0.2, -0.15) is 0 Å². The molecule has 130 valence electrons. The van der Waals surface area contributed by atoms with E-state index in [-0.39, 0.29) is 5.84 Å². The van der Waals surface area contributed by atoms with Gasteiger partial charge < -0.3 is 29.5 Å². The predicted octanol–water partition coefficient (Wildman–Crippen LogP) is 0.660. The van der Waals surface area contributed by atoms with Crippen LogP contribution >= 0.6 is 11.3 Å². The third-order valence-corrected chi connectivity index (χ3v) is 3.84. The van der Waals surface area contributed by atoms with Crippen LogP contribution in [0.2, 0.25) is 0 Å². The molecule has 9 nitrogen and oxygen atoms in total. The summed E-state index contributed by atoms with van der Waals surface area (Å²) in [6, 6.07) is 1.80. The van der Waals surface area contributed by atoms with Crippen LogP contribution in [0.5, 0.6) is 0 Å². The smallest absolute Gasteiger partial charge is 0.377 e. The molecule has 1 aromatic rings. The van der Waals surface area contributed by atoms with Crippen molar-refractivity contribution in [3.8, 4) is 0 Å². The van der Waals surface area contributed by atoms with Gasteiger partial charge in [0.1, 0.15) is 0 Å². The summed E-state index contributed by atoms with van der Waals surface area (Å²) in [6.45, 7) is 0.976. The zero-order valence-corrected chi connectivity index (χ0v) is 13.8. The summed E-state index contributed by atoms with van der Waals surface area (Å²) in [5.41, 5.74) is 6.60. The summed E-state index contributed by atoms with van der Waals surface area (Å²) in [5, 5.41) is 5.47. The second-order valence-electron chi connectivity index (χ2n) is 4.37. The molecule has 2 N–H and O–H groups in total. The van der Waals surface area contributed by atoms with E-state index in [1.165, 1.54) is 11.3 Å². The lowest BCUT2D eigenvalue weighted by atomic mass is 10.2. The van der Waals surface area contributed by atoms with Crippen LogP contribution in [0.25, 0.3) is 0 Å². The molecule has 1 aromatic heterocycles. The molecule has 2 rings (SSSR count). The largest absolute Gasteiger partial charge is 0.466 e. The monoisotopic (exact) mass is 356 g/mol. The first-order chi connectivity index (χ1) is 11.6. The zero-order valence-electron chi connectivity index (χ0n) is 13.0. The van der Waals surface area contributed by atoms with Crippen LogP contribution in [0.4, 0.5) is 0 Å². The number of nitrogens with zero attached hydrogens (tertiary/aromatic N) is 1. The number of ether oxygens (including phenoxy) is 4. The minimum Gasteiger partial charge on any atom is -0.466 e. The molecule has 1 saturated heterocycles. The molecule has 0 aromatic carbocycles. The topological polar surface area (TPSA) is 119 Å². The van der Waals surface area contributed by atoms with Gasteiger partial charge in [0, 0.05) is 5.56 Å². The number of esters is 2. The Morgan fingerprint density at radius 3 is 2.67 bits per heavy atom. The highest BCUT2D eigenvalue weighted by atomic mass is 32.1. The molecule has 1 aliphatic rings. The Morgan fingerprint density at radius 2 is 2.04 bits per heavy atom. The number of oxime groups is 1. The van der Waals surface area contributed by atoms with Crippen molar-refractivity contribution in [3.05, 3.63) is 33.7 Å². The van der Waals surface area contributed by atoms with Gasteiger partial charge in [-0.25, -0.2) is 9.59 Å². The molecule has 0 saturated carbocycles. The summed E-state index contributed by atoms with van der Waals surface area (Å²) in [6.07, 6.45) is 0.284. The Labute approximate surface area is 141 Å². The first kappa shape index (κ1) is 17.9. The van der Waals surface area contributed by atoms with E-state index in [1.807, 2.05) is 0 Å². The lowest BCUT2D eigenvalue weighted by Gasteiger charge is -2.09.